The van der Waals surface area contributed by atoms with Crippen molar-refractivity contribution in [1.82, 2.24) is 4.90 Å². The van der Waals surface area contributed by atoms with Gasteiger partial charge in [0, 0.05) is 12.6 Å². The van der Waals surface area contributed by atoms with Crippen LogP contribution < -0.4 is 5.73 Å². The van der Waals surface area contributed by atoms with E-state index in [1.54, 1.807) is 0 Å². The number of hydrogen-bond donors (Lipinski definition) is 1. The number of thiocarbonyl (C=S) groups is 1. The minimum Gasteiger partial charge on any atom is -0.392 e. The van der Waals surface area contributed by atoms with E-state index in [1.807, 2.05) is 13.8 Å². The Morgan fingerprint density at radius 1 is 1.29 bits per heavy atom. The molecule has 1 saturated carbocycles. The molecule has 1 amide bonds. The third kappa shape index (κ3) is 2.19. The van der Waals surface area contributed by atoms with E-state index in [9.17, 15) is 4.79 Å². The molecule has 3 nitrogen and oxygen atoms in total. The van der Waals surface area contributed by atoms with Gasteiger partial charge in [-0.05, 0) is 45.4 Å². The van der Waals surface area contributed by atoms with E-state index in [2.05, 4.69) is 4.90 Å². The minimum atomic E-state index is -0.695. The summed E-state index contributed by atoms with van der Waals surface area (Å²) in [6, 6.07) is 0.449. The van der Waals surface area contributed by atoms with Crippen molar-refractivity contribution in [2.45, 2.75) is 52.0 Å². The Kier molecular flexibility index (Phi) is 3.43. The molecule has 2 aliphatic rings. The molecule has 1 heterocycles. The molecule has 0 aromatic carbocycles. The van der Waals surface area contributed by atoms with Gasteiger partial charge in [0.15, 0.2) is 0 Å². The molecule has 0 radical (unpaired) electrons. The highest BCUT2D eigenvalue weighted by Gasteiger charge is 2.43. The predicted octanol–water partition coefficient (Wildman–Crippen LogP) is 2.09. The number of piperidine rings is 1. The average Bonchev–Trinajstić information content (AvgIpc) is 2.75. The molecule has 1 saturated heterocycles. The second kappa shape index (κ2) is 4.56. The van der Waals surface area contributed by atoms with E-state index in [1.165, 1.54) is 19.3 Å². The fourth-order valence-electron chi connectivity index (χ4n) is 3.17. The first-order chi connectivity index (χ1) is 7.94. The Hall–Kier alpha value is -0.640. The molecule has 2 atom stereocenters. The summed E-state index contributed by atoms with van der Waals surface area (Å²) < 4.78 is 0. The van der Waals surface area contributed by atoms with Crippen LogP contribution in [0.5, 0.6) is 0 Å². The lowest BCUT2D eigenvalue weighted by Crippen LogP contribution is -2.53. The van der Waals surface area contributed by atoms with Gasteiger partial charge in [-0.25, -0.2) is 0 Å². The summed E-state index contributed by atoms with van der Waals surface area (Å²) in [5.41, 5.74) is 5.00. The summed E-state index contributed by atoms with van der Waals surface area (Å²) in [5.74, 6) is 0.844. The lowest BCUT2D eigenvalue weighted by atomic mass is 9.86. The number of rotatable bonds is 2. The molecule has 2 unspecified atom stereocenters. The van der Waals surface area contributed by atoms with E-state index in [0.717, 1.165) is 25.3 Å². The van der Waals surface area contributed by atoms with Crippen molar-refractivity contribution >= 4 is 23.1 Å². The molecular formula is C13H22N2OS. The summed E-state index contributed by atoms with van der Waals surface area (Å²) in [7, 11) is 0. The van der Waals surface area contributed by atoms with Gasteiger partial charge in [-0.1, -0.05) is 18.6 Å². The molecule has 0 aromatic rings. The van der Waals surface area contributed by atoms with Gasteiger partial charge in [0.25, 0.3) is 0 Å². The molecule has 0 aromatic heterocycles. The van der Waals surface area contributed by atoms with Gasteiger partial charge in [0.2, 0.25) is 5.91 Å². The fourth-order valence-corrected chi connectivity index (χ4v) is 3.26. The number of likely N-dealkylation sites (tertiary alicyclic amines) is 1. The number of hydrogen-bond acceptors (Lipinski definition) is 2. The SMILES string of the molecule is CC(C)(C(=O)N1CCCC2CCCC21)C(N)=S. The summed E-state index contributed by atoms with van der Waals surface area (Å²) >= 11 is 5.03. The van der Waals surface area contributed by atoms with Crippen LogP contribution in [0.3, 0.4) is 0 Å². The lowest BCUT2D eigenvalue weighted by Gasteiger charge is -2.41. The van der Waals surface area contributed by atoms with Gasteiger partial charge >= 0.3 is 0 Å². The van der Waals surface area contributed by atoms with Crippen molar-refractivity contribution in [3.8, 4) is 0 Å². The highest BCUT2D eigenvalue weighted by molar-refractivity contribution is 7.80. The standard InChI is InChI=1S/C13H22N2OS/c1-13(2,11(14)17)12(16)15-8-4-6-9-5-3-7-10(9)15/h9-10H,3-8H2,1-2H3,(H2,14,17). The maximum absolute atomic E-state index is 12.6. The first-order valence-electron chi connectivity index (χ1n) is 6.55. The van der Waals surface area contributed by atoms with Crippen LogP contribution in [0.2, 0.25) is 0 Å². The normalized spacial score (nSPS) is 28.9. The van der Waals surface area contributed by atoms with Gasteiger partial charge in [-0.3, -0.25) is 4.79 Å². The molecule has 1 aliphatic heterocycles. The molecular weight excluding hydrogens is 232 g/mol. The fraction of sp³-hybridized carbons (Fsp3) is 0.846. The van der Waals surface area contributed by atoms with Crippen molar-refractivity contribution in [2.24, 2.45) is 17.1 Å². The monoisotopic (exact) mass is 254 g/mol. The summed E-state index contributed by atoms with van der Waals surface area (Å²) in [6.45, 7) is 4.57. The van der Waals surface area contributed by atoms with E-state index in [0.29, 0.717) is 11.0 Å². The zero-order chi connectivity index (χ0) is 12.6. The van der Waals surface area contributed by atoms with Gasteiger partial charge in [0.05, 0.1) is 10.4 Å². The molecule has 0 spiro atoms. The Morgan fingerprint density at radius 2 is 1.94 bits per heavy atom. The number of carbonyl (C=O) groups excluding carboxylic acids is 1. The Bertz CT molecular complexity index is 340. The van der Waals surface area contributed by atoms with Crippen molar-refractivity contribution in [3.05, 3.63) is 0 Å². The summed E-state index contributed by atoms with van der Waals surface area (Å²) in [4.78, 5) is 14.9. The molecule has 2 rings (SSSR count). The minimum absolute atomic E-state index is 0.126. The largest absolute Gasteiger partial charge is 0.392 e. The number of nitrogens with zero attached hydrogens (tertiary/aromatic N) is 1. The Balaban J connectivity index is 2.16. The van der Waals surface area contributed by atoms with Gasteiger partial charge in [0.1, 0.15) is 0 Å². The first kappa shape index (κ1) is 12.8. The maximum atomic E-state index is 12.6. The summed E-state index contributed by atoms with van der Waals surface area (Å²) in [5, 5.41) is 0. The molecule has 2 N–H and O–H groups in total. The number of carbonyl (C=O) groups is 1. The highest BCUT2D eigenvalue weighted by atomic mass is 32.1. The van der Waals surface area contributed by atoms with Crippen molar-refractivity contribution in [2.75, 3.05) is 6.54 Å². The van der Waals surface area contributed by atoms with Crippen molar-refractivity contribution in [3.63, 3.8) is 0 Å². The molecule has 1 aliphatic carbocycles. The predicted molar refractivity (Wildman–Crippen MR) is 72.6 cm³/mol. The van der Waals surface area contributed by atoms with E-state index >= 15 is 0 Å². The third-order valence-electron chi connectivity index (χ3n) is 4.40. The second-order valence-corrected chi connectivity index (χ2v) is 6.33. The highest BCUT2D eigenvalue weighted by Crippen LogP contribution is 2.38. The average molecular weight is 254 g/mol. The van der Waals surface area contributed by atoms with Crippen LogP contribution in [-0.2, 0) is 4.79 Å². The van der Waals surface area contributed by atoms with Crippen LogP contribution in [0.15, 0.2) is 0 Å². The number of nitrogens with two attached hydrogens (primary N) is 1. The Morgan fingerprint density at radius 3 is 2.59 bits per heavy atom. The Labute approximate surface area is 109 Å². The topological polar surface area (TPSA) is 46.3 Å². The summed E-state index contributed by atoms with van der Waals surface area (Å²) in [6.07, 6.45) is 6.10. The molecule has 96 valence electrons. The van der Waals surface area contributed by atoms with Crippen LogP contribution in [0.4, 0.5) is 0 Å². The first-order valence-corrected chi connectivity index (χ1v) is 6.96. The van der Waals surface area contributed by atoms with Crippen LogP contribution in [-0.4, -0.2) is 28.4 Å². The van der Waals surface area contributed by atoms with E-state index < -0.39 is 5.41 Å². The van der Waals surface area contributed by atoms with Crippen molar-refractivity contribution in [1.29, 1.82) is 0 Å². The van der Waals surface area contributed by atoms with Crippen LogP contribution >= 0.6 is 12.2 Å². The van der Waals surface area contributed by atoms with Gasteiger partial charge < -0.3 is 10.6 Å². The van der Waals surface area contributed by atoms with E-state index in [4.69, 9.17) is 18.0 Å². The number of fused-ring (bicyclic) bond motifs is 1. The van der Waals surface area contributed by atoms with Crippen LogP contribution in [0, 0.1) is 11.3 Å². The van der Waals surface area contributed by atoms with Gasteiger partial charge in [-0.2, -0.15) is 0 Å². The maximum Gasteiger partial charge on any atom is 0.235 e. The lowest BCUT2D eigenvalue weighted by molar-refractivity contribution is -0.141. The molecule has 2 fully saturated rings. The zero-order valence-electron chi connectivity index (χ0n) is 10.7. The van der Waals surface area contributed by atoms with Crippen LogP contribution in [0.25, 0.3) is 0 Å². The zero-order valence-corrected chi connectivity index (χ0v) is 11.6. The second-order valence-electron chi connectivity index (χ2n) is 5.89. The van der Waals surface area contributed by atoms with Crippen molar-refractivity contribution < 1.29 is 4.79 Å². The quantitative estimate of drug-likeness (QED) is 0.768. The molecule has 4 heteroatoms. The van der Waals surface area contributed by atoms with E-state index in [-0.39, 0.29) is 5.91 Å². The van der Waals surface area contributed by atoms with Crippen LogP contribution in [0.1, 0.15) is 46.0 Å². The third-order valence-corrected chi connectivity index (χ3v) is 4.92. The molecule has 0 bridgehead atoms. The smallest absolute Gasteiger partial charge is 0.235 e. The molecule has 17 heavy (non-hydrogen) atoms. The number of amides is 1. The van der Waals surface area contributed by atoms with Gasteiger partial charge in [-0.15, -0.1) is 0 Å².